The van der Waals surface area contributed by atoms with Crippen LogP contribution in [0.15, 0.2) is 81.0 Å². The lowest BCUT2D eigenvalue weighted by Crippen LogP contribution is -2.12. The minimum Gasteiger partial charge on any atom is -0.507 e. The van der Waals surface area contributed by atoms with Crippen molar-refractivity contribution in [2.24, 2.45) is 0 Å². The average molecular weight is 506 g/mol. The number of aryl methyl sites for hydroxylation is 1. The third-order valence-corrected chi connectivity index (χ3v) is 6.97. The van der Waals surface area contributed by atoms with Crippen LogP contribution in [0, 0.1) is 0 Å². The highest BCUT2D eigenvalue weighted by Crippen LogP contribution is 2.26. The molecule has 30 heavy (non-hydrogen) atoms. The van der Waals surface area contributed by atoms with E-state index in [0.717, 1.165) is 27.8 Å². The van der Waals surface area contributed by atoms with Gasteiger partial charge in [-0.25, -0.2) is 8.42 Å². The van der Waals surface area contributed by atoms with E-state index in [4.69, 9.17) is 0 Å². The van der Waals surface area contributed by atoms with Crippen molar-refractivity contribution in [2.45, 2.75) is 16.2 Å². The van der Waals surface area contributed by atoms with Gasteiger partial charge >= 0.3 is 0 Å². The number of nitrogens with one attached hydrogen (secondary N) is 1. The average Bonchev–Trinajstić information content (AvgIpc) is 2.70. The highest BCUT2D eigenvalue weighted by Gasteiger charge is 2.15. The molecule has 5 nitrogen and oxygen atoms in total. The summed E-state index contributed by atoms with van der Waals surface area (Å²) in [6.45, 7) is 0. The molecule has 3 aromatic carbocycles. The number of halogens is 1. The zero-order chi connectivity index (χ0) is 21.7. The maximum atomic E-state index is 12.5. The fourth-order valence-corrected chi connectivity index (χ4v) is 4.69. The van der Waals surface area contributed by atoms with Crippen molar-refractivity contribution in [2.75, 3.05) is 17.3 Å². The summed E-state index contributed by atoms with van der Waals surface area (Å²) < 4.78 is 24.5. The number of sulfone groups is 1. The molecule has 0 fully saturated rings. The van der Waals surface area contributed by atoms with Crippen LogP contribution in [0.25, 0.3) is 0 Å². The Bertz CT molecular complexity index is 1140. The standard InChI is InChI=1S/C22H20BrNO4S2/c1-30(27,28)21-14-18(8-11-20(21)25)24-22(26)16-4-9-19(10-5-16)29-13-12-15-2-6-17(23)7-3-15/h2-11,14,25H,12-13H2,1H3,(H,24,26). The van der Waals surface area contributed by atoms with Crippen LogP contribution in [0.5, 0.6) is 5.75 Å². The van der Waals surface area contributed by atoms with E-state index in [1.807, 2.05) is 24.3 Å². The normalized spacial score (nSPS) is 11.3. The van der Waals surface area contributed by atoms with Gasteiger partial charge in [0.25, 0.3) is 5.91 Å². The van der Waals surface area contributed by atoms with Crippen molar-refractivity contribution in [1.82, 2.24) is 0 Å². The Morgan fingerprint density at radius 3 is 2.33 bits per heavy atom. The van der Waals surface area contributed by atoms with E-state index in [1.165, 1.54) is 23.8 Å². The topological polar surface area (TPSA) is 83.5 Å². The lowest BCUT2D eigenvalue weighted by molar-refractivity contribution is 0.102. The van der Waals surface area contributed by atoms with Gasteiger partial charge in [-0.3, -0.25) is 4.79 Å². The summed E-state index contributed by atoms with van der Waals surface area (Å²) in [6.07, 6.45) is 1.95. The van der Waals surface area contributed by atoms with Gasteiger partial charge in [0.15, 0.2) is 9.84 Å². The van der Waals surface area contributed by atoms with Crippen LogP contribution in [0.3, 0.4) is 0 Å². The minimum absolute atomic E-state index is 0.224. The van der Waals surface area contributed by atoms with Gasteiger partial charge in [0.1, 0.15) is 10.6 Å². The first kappa shape index (κ1) is 22.4. The number of phenols is 1. The first-order valence-corrected chi connectivity index (χ1v) is 12.7. The Morgan fingerprint density at radius 1 is 1.03 bits per heavy atom. The molecule has 0 atom stereocenters. The molecule has 0 aliphatic carbocycles. The van der Waals surface area contributed by atoms with Crippen LogP contribution in [-0.4, -0.2) is 31.4 Å². The number of anilines is 1. The van der Waals surface area contributed by atoms with Crippen LogP contribution in [0.2, 0.25) is 0 Å². The van der Waals surface area contributed by atoms with Crippen LogP contribution in [-0.2, 0) is 16.3 Å². The molecule has 156 valence electrons. The molecule has 3 aromatic rings. The SMILES string of the molecule is CS(=O)(=O)c1cc(NC(=O)c2ccc(SCCc3ccc(Br)cc3)cc2)ccc1O. The van der Waals surface area contributed by atoms with Crippen LogP contribution >= 0.6 is 27.7 Å². The quantitative estimate of drug-likeness (QED) is 0.342. The van der Waals surface area contributed by atoms with Gasteiger partial charge in [-0.2, -0.15) is 0 Å². The Hall–Kier alpha value is -2.29. The Labute approximate surface area is 188 Å². The molecule has 0 bridgehead atoms. The molecule has 8 heteroatoms. The number of benzene rings is 3. The van der Waals surface area contributed by atoms with Crippen LogP contribution in [0.4, 0.5) is 5.69 Å². The molecule has 0 unspecified atom stereocenters. The molecule has 0 aliphatic heterocycles. The second kappa shape index (κ2) is 9.68. The molecule has 0 saturated carbocycles. The molecule has 0 saturated heterocycles. The second-order valence-electron chi connectivity index (χ2n) is 6.66. The maximum absolute atomic E-state index is 12.5. The number of rotatable bonds is 7. The van der Waals surface area contributed by atoms with E-state index in [9.17, 15) is 18.3 Å². The number of amides is 1. The first-order valence-electron chi connectivity index (χ1n) is 9.04. The number of phenolic OH excluding ortho intramolecular Hbond substituents is 1. The molecular formula is C22H20BrNO4S2. The predicted molar refractivity (Wildman–Crippen MR) is 124 cm³/mol. The van der Waals surface area contributed by atoms with Crippen molar-refractivity contribution in [1.29, 1.82) is 0 Å². The highest BCUT2D eigenvalue weighted by molar-refractivity contribution is 9.10. The van der Waals surface area contributed by atoms with Crippen molar-refractivity contribution < 1.29 is 18.3 Å². The van der Waals surface area contributed by atoms with Crippen LogP contribution < -0.4 is 5.32 Å². The smallest absolute Gasteiger partial charge is 0.255 e. The predicted octanol–water partition coefficient (Wildman–Crippen LogP) is 5.15. The Kier molecular flexibility index (Phi) is 7.23. The summed E-state index contributed by atoms with van der Waals surface area (Å²) in [7, 11) is -3.60. The fourth-order valence-electron chi connectivity index (χ4n) is 2.73. The van der Waals surface area contributed by atoms with Gasteiger partial charge in [0.05, 0.1) is 0 Å². The zero-order valence-corrected chi connectivity index (χ0v) is 19.4. The summed E-state index contributed by atoms with van der Waals surface area (Å²) in [5.74, 6) is 0.223. The molecule has 1 amide bonds. The lowest BCUT2D eigenvalue weighted by atomic mass is 10.2. The molecule has 0 radical (unpaired) electrons. The van der Waals surface area contributed by atoms with Crippen molar-refractivity contribution in [3.05, 3.63) is 82.3 Å². The summed E-state index contributed by atoms with van der Waals surface area (Å²) in [5, 5.41) is 12.4. The molecule has 2 N–H and O–H groups in total. The Balaban J connectivity index is 1.59. The summed E-state index contributed by atoms with van der Waals surface area (Å²) in [5.41, 5.74) is 2.02. The number of carbonyl (C=O) groups is 1. The summed E-state index contributed by atoms with van der Waals surface area (Å²) >= 11 is 5.14. The molecule has 0 aromatic heterocycles. The van der Waals surface area contributed by atoms with E-state index < -0.39 is 9.84 Å². The van der Waals surface area contributed by atoms with Crippen molar-refractivity contribution in [3.8, 4) is 5.75 Å². The monoisotopic (exact) mass is 505 g/mol. The molecule has 0 aliphatic rings. The van der Waals surface area contributed by atoms with Gasteiger partial charge in [-0.1, -0.05) is 28.1 Å². The largest absolute Gasteiger partial charge is 0.507 e. The van der Waals surface area contributed by atoms with Gasteiger partial charge in [-0.15, -0.1) is 11.8 Å². The second-order valence-corrected chi connectivity index (χ2v) is 10.7. The number of hydrogen-bond acceptors (Lipinski definition) is 5. The summed E-state index contributed by atoms with van der Waals surface area (Å²) in [4.78, 5) is 13.3. The fraction of sp³-hybridized carbons (Fsp3) is 0.136. The molecule has 0 spiro atoms. The number of thioether (sulfide) groups is 1. The van der Waals surface area contributed by atoms with E-state index in [0.29, 0.717) is 11.3 Å². The minimum atomic E-state index is -3.60. The van der Waals surface area contributed by atoms with E-state index in [2.05, 4.69) is 33.4 Å². The first-order chi connectivity index (χ1) is 14.2. The van der Waals surface area contributed by atoms with E-state index in [1.54, 1.807) is 23.9 Å². The van der Waals surface area contributed by atoms with Crippen molar-refractivity contribution in [3.63, 3.8) is 0 Å². The molecule has 3 rings (SSSR count). The van der Waals surface area contributed by atoms with Gasteiger partial charge in [0, 0.05) is 32.6 Å². The third-order valence-electron chi connectivity index (χ3n) is 4.31. The van der Waals surface area contributed by atoms with E-state index >= 15 is 0 Å². The van der Waals surface area contributed by atoms with Crippen molar-refractivity contribution >= 4 is 49.1 Å². The van der Waals surface area contributed by atoms with Gasteiger partial charge < -0.3 is 10.4 Å². The summed E-state index contributed by atoms with van der Waals surface area (Å²) in [6, 6.07) is 19.4. The van der Waals surface area contributed by atoms with E-state index in [-0.39, 0.29) is 16.6 Å². The number of hydrogen-bond donors (Lipinski definition) is 2. The lowest BCUT2D eigenvalue weighted by Gasteiger charge is -2.09. The van der Waals surface area contributed by atoms with Gasteiger partial charge in [-0.05, 0) is 66.6 Å². The maximum Gasteiger partial charge on any atom is 0.255 e. The van der Waals surface area contributed by atoms with Gasteiger partial charge in [0.2, 0.25) is 0 Å². The molecular weight excluding hydrogens is 486 g/mol. The number of carbonyl (C=O) groups excluding carboxylic acids is 1. The Morgan fingerprint density at radius 2 is 1.70 bits per heavy atom. The third kappa shape index (κ3) is 6.10. The zero-order valence-electron chi connectivity index (χ0n) is 16.1. The molecule has 0 heterocycles. The highest BCUT2D eigenvalue weighted by atomic mass is 79.9. The number of aromatic hydroxyl groups is 1. The van der Waals surface area contributed by atoms with Crippen LogP contribution in [0.1, 0.15) is 15.9 Å².